The van der Waals surface area contributed by atoms with E-state index in [2.05, 4.69) is 0 Å². The van der Waals surface area contributed by atoms with E-state index < -0.39 is 29.5 Å². The average Bonchev–Trinajstić information content (AvgIpc) is 2.95. The molecule has 0 fully saturated rings. The molecule has 0 N–H and O–H groups in total. The lowest BCUT2D eigenvalue weighted by Gasteiger charge is -2.36. The van der Waals surface area contributed by atoms with Crippen molar-refractivity contribution in [1.29, 1.82) is 0 Å². The van der Waals surface area contributed by atoms with Gasteiger partial charge in [-0.15, -0.1) is 0 Å². The van der Waals surface area contributed by atoms with E-state index in [4.69, 9.17) is 9.47 Å². The molecule has 1 aliphatic rings. The summed E-state index contributed by atoms with van der Waals surface area (Å²) in [4.78, 5) is 42.0. The summed E-state index contributed by atoms with van der Waals surface area (Å²) in [5.41, 5.74) is 1.78. The Bertz CT molecular complexity index is 1360. The number of benzene rings is 4. The Hall–Kier alpha value is -4.51. The van der Waals surface area contributed by atoms with Gasteiger partial charge in [-0.3, -0.25) is 14.4 Å². The van der Waals surface area contributed by atoms with Gasteiger partial charge < -0.3 is 9.47 Å². The normalized spacial score (nSPS) is 16.5. The number of fused-ring (bicyclic) bond motifs is 1. The fourth-order valence-electron chi connectivity index (χ4n) is 4.83. The van der Waals surface area contributed by atoms with E-state index in [1.54, 1.807) is 97.1 Å². The summed E-state index contributed by atoms with van der Waals surface area (Å²) in [6, 6.07) is 31.5. The van der Waals surface area contributed by atoms with Crippen LogP contribution in [0.2, 0.25) is 0 Å². The van der Waals surface area contributed by atoms with Gasteiger partial charge in [0.25, 0.3) is 0 Å². The molecule has 37 heavy (non-hydrogen) atoms. The molecule has 5 heteroatoms. The highest BCUT2D eigenvalue weighted by atomic mass is 16.5. The molecule has 0 aliphatic carbocycles. The minimum atomic E-state index is -1.28. The molecule has 0 saturated carbocycles. The average molecular weight is 491 g/mol. The van der Waals surface area contributed by atoms with Gasteiger partial charge in [0, 0.05) is 11.1 Å². The summed E-state index contributed by atoms with van der Waals surface area (Å²) in [6.07, 6.45) is -0.844. The number of rotatable bonds is 8. The third-order valence-electron chi connectivity index (χ3n) is 6.60. The van der Waals surface area contributed by atoms with Crippen LogP contribution in [-0.2, 0) is 0 Å². The van der Waals surface area contributed by atoms with Crippen molar-refractivity contribution >= 4 is 17.3 Å². The van der Waals surface area contributed by atoms with E-state index >= 15 is 0 Å². The van der Waals surface area contributed by atoms with Gasteiger partial charge >= 0.3 is 0 Å². The van der Waals surface area contributed by atoms with Crippen LogP contribution < -0.4 is 9.47 Å². The van der Waals surface area contributed by atoms with Crippen molar-refractivity contribution in [3.63, 3.8) is 0 Å². The van der Waals surface area contributed by atoms with Crippen LogP contribution in [0.25, 0.3) is 0 Å². The molecule has 0 aromatic heterocycles. The van der Waals surface area contributed by atoms with Gasteiger partial charge in [-0.05, 0) is 36.8 Å². The summed E-state index contributed by atoms with van der Waals surface area (Å²) in [5, 5.41) is 0. The molecule has 4 aromatic carbocycles. The monoisotopic (exact) mass is 490 g/mol. The van der Waals surface area contributed by atoms with E-state index in [-0.39, 0.29) is 5.78 Å². The Morgan fingerprint density at radius 2 is 1.30 bits per heavy atom. The number of hydrogen-bond acceptors (Lipinski definition) is 5. The van der Waals surface area contributed by atoms with Gasteiger partial charge in [0.05, 0.1) is 24.0 Å². The SMILES string of the molecule is CCOc1ccc(C2Oc3ccccc3C(=O)C2C(C(=O)c2ccccc2)C(=O)c2ccccc2)cc1. The number of para-hydroxylation sites is 1. The van der Waals surface area contributed by atoms with E-state index in [1.165, 1.54) is 0 Å². The van der Waals surface area contributed by atoms with Crippen molar-refractivity contribution in [2.75, 3.05) is 6.61 Å². The standard InChI is InChI=1S/C32H26O5/c1-2-36-24-19-17-23(18-20-24)32-28(31(35)25-15-9-10-16-26(25)37-32)27(29(33)21-11-5-3-6-12-21)30(34)22-13-7-4-8-14-22/h3-20,27-28,32H,2H2,1H3. The summed E-state index contributed by atoms with van der Waals surface area (Å²) in [6.45, 7) is 2.42. The number of hydrogen-bond donors (Lipinski definition) is 0. The van der Waals surface area contributed by atoms with Crippen molar-refractivity contribution in [3.8, 4) is 11.5 Å². The molecular weight excluding hydrogens is 464 g/mol. The molecule has 2 atom stereocenters. The highest BCUT2D eigenvalue weighted by molar-refractivity contribution is 6.20. The Kier molecular flexibility index (Phi) is 6.95. The topological polar surface area (TPSA) is 69.7 Å². The second-order valence-electron chi connectivity index (χ2n) is 8.86. The zero-order chi connectivity index (χ0) is 25.8. The van der Waals surface area contributed by atoms with Crippen molar-refractivity contribution in [1.82, 2.24) is 0 Å². The second-order valence-corrected chi connectivity index (χ2v) is 8.86. The summed E-state index contributed by atoms with van der Waals surface area (Å²) < 4.78 is 12.0. The van der Waals surface area contributed by atoms with Crippen molar-refractivity contribution in [3.05, 3.63) is 131 Å². The molecule has 5 rings (SSSR count). The molecule has 0 saturated heterocycles. The fourth-order valence-corrected chi connectivity index (χ4v) is 4.83. The molecular formula is C32H26O5. The van der Waals surface area contributed by atoms with Crippen molar-refractivity contribution < 1.29 is 23.9 Å². The highest BCUT2D eigenvalue weighted by Crippen LogP contribution is 2.44. The number of carbonyl (C=O) groups excluding carboxylic acids is 3. The third-order valence-corrected chi connectivity index (χ3v) is 6.60. The number of Topliss-reactive ketones (excluding diaryl/α,β-unsaturated/α-hetero) is 3. The maximum atomic E-state index is 14.1. The molecule has 0 radical (unpaired) electrons. The molecule has 1 aliphatic heterocycles. The first-order valence-electron chi connectivity index (χ1n) is 12.3. The molecule has 184 valence electrons. The Balaban J connectivity index is 1.66. The van der Waals surface area contributed by atoms with Crippen LogP contribution >= 0.6 is 0 Å². The first-order chi connectivity index (χ1) is 18.1. The van der Waals surface area contributed by atoms with Gasteiger partial charge in [0.2, 0.25) is 0 Å². The van der Waals surface area contributed by atoms with Crippen LogP contribution in [0.3, 0.4) is 0 Å². The number of ether oxygens (including phenoxy) is 2. The molecule has 0 spiro atoms. The zero-order valence-corrected chi connectivity index (χ0v) is 20.4. The predicted octanol–water partition coefficient (Wildman–Crippen LogP) is 6.40. The summed E-state index contributed by atoms with van der Waals surface area (Å²) in [7, 11) is 0. The maximum absolute atomic E-state index is 14.1. The Morgan fingerprint density at radius 3 is 1.86 bits per heavy atom. The summed E-state index contributed by atoms with van der Waals surface area (Å²) in [5.74, 6) is -2.34. The minimum Gasteiger partial charge on any atom is -0.494 e. The smallest absolute Gasteiger partial charge is 0.174 e. The molecule has 0 bridgehead atoms. The fraction of sp³-hybridized carbons (Fsp3) is 0.156. The molecule has 0 amide bonds. The predicted molar refractivity (Wildman–Crippen MR) is 140 cm³/mol. The number of carbonyl (C=O) groups is 3. The maximum Gasteiger partial charge on any atom is 0.174 e. The van der Waals surface area contributed by atoms with Gasteiger partial charge in [-0.2, -0.15) is 0 Å². The first-order valence-corrected chi connectivity index (χ1v) is 12.3. The molecule has 2 unspecified atom stereocenters. The minimum absolute atomic E-state index is 0.292. The van der Waals surface area contributed by atoms with Crippen LogP contribution in [0.5, 0.6) is 11.5 Å². The summed E-state index contributed by atoms with van der Waals surface area (Å²) >= 11 is 0. The Morgan fingerprint density at radius 1 is 0.757 bits per heavy atom. The van der Waals surface area contributed by atoms with Crippen LogP contribution in [0.15, 0.2) is 109 Å². The lowest BCUT2D eigenvalue weighted by Crippen LogP contribution is -2.43. The van der Waals surface area contributed by atoms with Crippen LogP contribution in [-0.4, -0.2) is 24.0 Å². The largest absolute Gasteiger partial charge is 0.494 e. The van der Waals surface area contributed by atoms with Gasteiger partial charge in [-0.1, -0.05) is 84.9 Å². The molecule has 5 nitrogen and oxygen atoms in total. The first kappa shape index (κ1) is 24.2. The van der Waals surface area contributed by atoms with Gasteiger partial charge in [0.15, 0.2) is 17.3 Å². The third kappa shape index (κ3) is 4.81. The highest BCUT2D eigenvalue weighted by Gasteiger charge is 2.48. The second kappa shape index (κ2) is 10.6. The van der Waals surface area contributed by atoms with Crippen LogP contribution in [0.1, 0.15) is 49.7 Å². The quantitative estimate of drug-likeness (QED) is 0.211. The van der Waals surface area contributed by atoms with Crippen LogP contribution in [0.4, 0.5) is 0 Å². The van der Waals surface area contributed by atoms with Crippen LogP contribution in [0, 0.1) is 11.8 Å². The van der Waals surface area contributed by atoms with E-state index in [0.717, 1.165) is 0 Å². The van der Waals surface area contributed by atoms with Crippen molar-refractivity contribution in [2.45, 2.75) is 13.0 Å². The lowest BCUT2D eigenvalue weighted by atomic mass is 9.71. The molecule has 4 aromatic rings. The van der Waals surface area contributed by atoms with E-state index in [0.29, 0.717) is 40.4 Å². The van der Waals surface area contributed by atoms with Gasteiger partial charge in [-0.25, -0.2) is 0 Å². The van der Waals surface area contributed by atoms with Gasteiger partial charge in [0.1, 0.15) is 17.6 Å². The number of ketones is 3. The lowest BCUT2D eigenvalue weighted by molar-refractivity contribution is 0.0428. The molecule has 1 heterocycles. The zero-order valence-electron chi connectivity index (χ0n) is 20.4. The Labute approximate surface area is 215 Å². The van der Waals surface area contributed by atoms with E-state index in [9.17, 15) is 14.4 Å². The van der Waals surface area contributed by atoms with E-state index in [1.807, 2.05) is 19.1 Å². The van der Waals surface area contributed by atoms with Crippen molar-refractivity contribution in [2.24, 2.45) is 11.8 Å².